The van der Waals surface area contributed by atoms with Crippen LogP contribution in [0.3, 0.4) is 0 Å². The Kier molecular flexibility index (Phi) is 56.6. The van der Waals surface area contributed by atoms with E-state index in [0.717, 1.165) is 122 Å². The lowest BCUT2D eigenvalue weighted by Gasteiger charge is -2.18. The second kappa shape index (κ2) is 61.1. The highest BCUT2D eigenvalue weighted by atomic mass is 16.6. The van der Waals surface area contributed by atoms with Gasteiger partial charge in [0.05, 0.1) is 0 Å². The number of rotatable bonds is 50. The van der Waals surface area contributed by atoms with Crippen LogP contribution in [0.15, 0.2) is 182 Å². The summed E-state index contributed by atoms with van der Waals surface area (Å²) in [5, 5.41) is 0. The number of carbonyl (C=O) groups is 3. The van der Waals surface area contributed by atoms with Gasteiger partial charge in [-0.2, -0.15) is 0 Å². The number of hydrogen-bond acceptors (Lipinski definition) is 6. The third-order valence-electron chi connectivity index (χ3n) is 11.4. The first-order valence-corrected chi connectivity index (χ1v) is 29.3. The Bertz CT molecular complexity index is 1800. The molecule has 0 radical (unpaired) electrons. The maximum Gasteiger partial charge on any atom is 0.306 e. The molecule has 6 nitrogen and oxygen atoms in total. The van der Waals surface area contributed by atoms with Crippen molar-refractivity contribution in [3.63, 3.8) is 0 Å². The fraction of sp³-hybridized carbons (Fsp3) is 0.522. The van der Waals surface area contributed by atoms with Gasteiger partial charge in [0, 0.05) is 19.3 Å². The fourth-order valence-electron chi connectivity index (χ4n) is 7.09. The molecule has 0 saturated carbocycles. The molecule has 1 atom stereocenters. The first-order valence-electron chi connectivity index (χ1n) is 29.3. The molecule has 0 aliphatic carbocycles. The summed E-state index contributed by atoms with van der Waals surface area (Å²) in [6.07, 6.45) is 91.9. The predicted molar refractivity (Wildman–Crippen MR) is 324 cm³/mol. The van der Waals surface area contributed by atoms with Crippen LogP contribution in [0.1, 0.15) is 213 Å². The highest BCUT2D eigenvalue weighted by Gasteiger charge is 2.19. The third kappa shape index (κ3) is 59.3. The van der Waals surface area contributed by atoms with Crippen LogP contribution < -0.4 is 0 Å². The molecule has 6 heteroatoms. The zero-order valence-electron chi connectivity index (χ0n) is 47.5. The van der Waals surface area contributed by atoms with Gasteiger partial charge < -0.3 is 14.2 Å². The van der Waals surface area contributed by atoms with Crippen molar-refractivity contribution in [2.75, 3.05) is 13.2 Å². The zero-order chi connectivity index (χ0) is 54.3. The van der Waals surface area contributed by atoms with Crippen LogP contribution in [0.4, 0.5) is 0 Å². The summed E-state index contributed by atoms with van der Waals surface area (Å²) >= 11 is 0. The SMILES string of the molecule is CC/C=C\C/C=C\C/C=C\C/C=C\C/C=C\C/C=C\CCC(=O)OCC(COC(=O)CCCCCCCC/C=C\C/C=C\C/C=C\CCCCC)OC(=O)CC/C=C\C/C=C\C/C=C\C/C=C\C/C=C\C/C=C\CC. The van der Waals surface area contributed by atoms with Crippen LogP contribution in [-0.4, -0.2) is 37.2 Å². The monoisotopic (exact) mass is 1030 g/mol. The second-order valence-electron chi connectivity index (χ2n) is 18.4. The topological polar surface area (TPSA) is 78.9 Å². The Morgan fingerprint density at radius 1 is 0.280 bits per heavy atom. The highest BCUT2D eigenvalue weighted by molar-refractivity contribution is 5.71. The minimum atomic E-state index is -0.867. The highest BCUT2D eigenvalue weighted by Crippen LogP contribution is 2.11. The summed E-state index contributed by atoms with van der Waals surface area (Å²) in [5.74, 6) is -1.14. The molecule has 0 spiro atoms. The lowest BCUT2D eigenvalue weighted by Crippen LogP contribution is -2.30. The van der Waals surface area contributed by atoms with Crippen molar-refractivity contribution < 1.29 is 28.6 Å². The van der Waals surface area contributed by atoms with E-state index in [-0.39, 0.29) is 38.0 Å². The Morgan fingerprint density at radius 2 is 0.547 bits per heavy atom. The third-order valence-corrected chi connectivity index (χ3v) is 11.4. The van der Waals surface area contributed by atoms with Crippen LogP contribution >= 0.6 is 0 Å². The fourth-order valence-corrected chi connectivity index (χ4v) is 7.09. The quantitative estimate of drug-likeness (QED) is 0.0261. The van der Waals surface area contributed by atoms with E-state index in [1.807, 2.05) is 24.3 Å². The first kappa shape index (κ1) is 69.5. The molecule has 0 amide bonds. The van der Waals surface area contributed by atoms with Gasteiger partial charge in [0.25, 0.3) is 0 Å². The van der Waals surface area contributed by atoms with Crippen molar-refractivity contribution in [2.45, 2.75) is 219 Å². The van der Waals surface area contributed by atoms with E-state index in [9.17, 15) is 14.4 Å². The maximum atomic E-state index is 12.8. The van der Waals surface area contributed by atoms with Crippen molar-refractivity contribution in [3.8, 4) is 0 Å². The lowest BCUT2D eigenvalue weighted by atomic mass is 10.1. The summed E-state index contributed by atoms with van der Waals surface area (Å²) in [5.41, 5.74) is 0. The van der Waals surface area contributed by atoms with Gasteiger partial charge in [-0.05, 0) is 135 Å². The summed E-state index contributed by atoms with van der Waals surface area (Å²) < 4.78 is 16.7. The van der Waals surface area contributed by atoms with Crippen molar-refractivity contribution in [1.29, 1.82) is 0 Å². The number of allylic oxidation sites excluding steroid dienone is 30. The van der Waals surface area contributed by atoms with Crippen LogP contribution in [0.2, 0.25) is 0 Å². The van der Waals surface area contributed by atoms with E-state index in [0.29, 0.717) is 19.3 Å². The van der Waals surface area contributed by atoms with Gasteiger partial charge in [0.15, 0.2) is 6.10 Å². The molecule has 75 heavy (non-hydrogen) atoms. The Morgan fingerprint density at radius 3 is 0.893 bits per heavy atom. The minimum Gasteiger partial charge on any atom is -0.462 e. The molecule has 0 aliphatic rings. The van der Waals surface area contributed by atoms with E-state index in [1.165, 1.54) is 38.5 Å². The van der Waals surface area contributed by atoms with Gasteiger partial charge in [-0.3, -0.25) is 14.4 Å². The molecule has 0 aromatic heterocycles. The largest absolute Gasteiger partial charge is 0.462 e. The normalized spacial score (nSPS) is 13.5. The van der Waals surface area contributed by atoms with E-state index in [1.54, 1.807) is 0 Å². The number of esters is 3. The van der Waals surface area contributed by atoms with Gasteiger partial charge in [0.2, 0.25) is 0 Å². The average molecular weight is 1030 g/mol. The summed E-state index contributed by atoms with van der Waals surface area (Å²) in [7, 11) is 0. The van der Waals surface area contributed by atoms with Crippen LogP contribution in [0, 0.1) is 0 Å². The Labute approximate surface area is 459 Å². The molecule has 416 valence electrons. The van der Waals surface area contributed by atoms with Gasteiger partial charge in [0.1, 0.15) is 13.2 Å². The molecule has 0 aromatic rings. The molecule has 0 rings (SSSR count). The van der Waals surface area contributed by atoms with E-state index in [4.69, 9.17) is 14.2 Å². The standard InChI is InChI=1S/C69H104O6/c1-4-7-10-13-16-19-22-25-28-31-34-37-40-43-46-49-52-55-58-61-67(70)73-64-66(75-69(72)63-60-57-54-51-48-45-42-39-36-33-30-27-24-21-18-15-12-9-6-3)65-74-68(71)62-59-56-53-50-47-44-41-38-35-32-29-26-23-20-17-14-11-8-5-2/h7,9-10,12,16-21,25-30,34-39,43,45-46,48,52,54-55,57,66H,4-6,8,11,13-15,22-24,31-33,40-42,44,47,49-51,53,56,58-65H2,1-3H3/b10-7-,12-9-,19-16-,20-17-,21-18-,28-25-,29-26-,30-27-,37-34-,38-35-,39-36-,46-43-,48-45-,55-52-,57-54-. The molecule has 0 aliphatic heterocycles. The molecule has 0 N–H and O–H groups in total. The molecule has 0 heterocycles. The average Bonchev–Trinajstić information content (AvgIpc) is 3.41. The van der Waals surface area contributed by atoms with Crippen molar-refractivity contribution in [3.05, 3.63) is 182 Å². The number of carbonyl (C=O) groups excluding carboxylic acids is 3. The molecule has 0 fully saturated rings. The Balaban J connectivity index is 4.68. The molecule has 0 bridgehead atoms. The number of hydrogen-bond donors (Lipinski definition) is 0. The maximum absolute atomic E-state index is 12.8. The van der Waals surface area contributed by atoms with Gasteiger partial charge in [-0.15, -0.1) is 0 Å². The van der Waals surface area contributed by atoms with Crippen molar-refractivity contribution >= 4 is 17.9 Å². The molecular formula is C69H104O6. The van der Waals surface area contributed by atoms with Crippen LogP contribution in [-0.2, 0) is 28.6 Å². The molecule has 0 saturated heterocycles. The lowest BCUT2D eigenvalue weighted by molar-refractivity contribution is -0.166. The zero-order valence-corrected chi connectivity index (χ0v) is 47.5. The summed E-state index contributed by atoms with van der Waals surface area (Å²) in [4.78, 5) is 38.2. The summed E-state index contributed by atoms with van der Waals surface area (Å²) in [6.45, 7) is 6.22. The predicted octanol–water partition coefficient (Wildman–Crippen LogP) is 20.1. The van der Waals surface area contributed by atoms with Crippen LogP contribution in [0.25, 0.3) is 0 Å². The smallest absolute Gasteiger partial charge is 0.306 e. The number of unbranched alkanes of at least 4 members (excludes halogenated alkanes) is 9. The van der Waals surface area contributed by atoms with Crippen molar-refractivity contribution in [1.82, 2.24) is 0 Å². The van der Waals surface area contributed by atoms with E-state index < -0.39 is 12.1 Å². The van der Waals surface area contributed by atoms with Gasteiger partial charge in [-0.1, -0.05) is 242 Å². The summed E-state index contributed by atoms with van der Waals surface area (Å²) in [6, 6.07) is 0. The van der Waals surface area contributed by atoms with Gasteiger partial charge >= 0.3 is 17.9 Å². The van der Waals surface area contributed by atoms with Crippen molar-refractivity contribution in [2.24, 2.45) is 0 Å². The van der Waals surface area contributed by atoms with Gasteiger partial charge in [-0.25, -0.2) is 0 Å². The van der Waals surface area contributed by atoms with E-state index in [2.05, 4.69) is 179 Å². The second-order valence-corrected chi connectivity index (χ2v) is 18.4. The van der Waals surface area contributed by atoms with Crippen LogP contribution in [0.5, 0.6) is 0 Å². The molecule has 1 unspecified atom stereocenters. The number of ether oxygens (including phenoxy) is 3. The molecular weight excluding hydrogens is 925 g/mol. The Hall–Kier alpha value is -5.49. The molecule has 0 aromatic carbocycles. The first-order chi connectivity index (χ1) is 37.0. The van der Waals surface area contributed by atoms with E-state index >= 15 is 0 Å². The minimum absolute atomic E-state index is 0.148.